The Morgan fingerprint density at radius 3 is 3.19 bits per heavy atom. The summed E-state index contributed by atoms with van der Waals surface area (Å²) in [6.45, 7) is 4.68. The first kappa shape index (κ1) is 14.3. The molecule has 2 aliphatic rings. The molecule has 2 fully saturated rings. The number of carbonyl (C=O) groups is 1. The van der Waals surface area contributed by atoms with Gasteiger partial charge in [0.2, 0.25) is 5.88 Å². The van der Waals surface area contributed by atoms with Gasteiger partial charge in [0.05, 0.1) is 6.61 Å². The minimum Gasteiger partial charge on any atom is -0.477 e. The van der Waals surface area contributed by atoms with Gasteiger partial charge in [0.1, 0.15) is 5.56 Å². The highest BCUT2D eigenvalue weighted by Crippen LogP contribution is 2.27. The molecule has 0 radical (unpaired) electrons. The number of amides is 1. The summed E-state index contributed by atoms with van der Waals surface area (Å²) in [5, 5.41) is 3.19. The third-order valence-electron chi connectivity index (χ3n) is 4.47. The first-order chi connectivity index (χ1) is 10.3. The Hall–Kier alpha value is -1.62. The van der Waals surface area contributed by atoms with Gasteiger partial charge in [0.15, 0.2) is 0 Å². The summed E-state index contributed by atoms with van der Waals surface area (Å²) in [5.41, 5.74) is 0.536. The molecule has 1 aromatic rings. The Balaban J connectivity index is 1.69. The second-order valence-electron chi connectivity index (χ2n) is 5.76. The van der Waals surface area contributed by atoms with E-state index < -0.39 is 0 Å². The molecule has 1 aromatic heterocycles. The molecule has 2 aliphatic heterocycles. The first-order valence-corrected chi connectivity index (χ1v) is 7.92. The molecule has 0 saturated carbocycles. The lowest BCUT2D eigenvalue weighted by molar-refractivity contribution is 0.0910. The molecule has 1 N–H and O–H groups in total. The van der Waals surface area contributed by atoms with Crippen molar-refractivity contribution in [3.63, 3.8) is 0 Å². The second kappa shape index (κ2) is 6.43. The fourth-order valence-corrected chi connectivity index (χ4v) is 3.48. The fourth-order valence-electron chi connectivity index (χ4n) is 3.48. The van der Waals surface area contributed by atoms with Crippen LogP contribution in [0.3, 0.4) is 0 Å². The van der Waals surface area contributed by atoms with Crippen LogP contribution in [0.15, 0.2) is 18.3 Å². The van der Waals surface area contributed by atoms with Crippen LogP contribution in [0.4, 0.5) is 0 Å². The van der Waals surface area contributed by atoms with Gasteiger partial charge in [-0.15, -0.1) is 0 Å². The summed E-state index contributed by atoms with van der Waals surface area (Å²) in [6.07, 6.45) is 6.44. The number of ether oxygens (including phenoxy) is 1. The molecule has 0 unspecified atom stereocenters. The Kier molecular flexibility index (Phi) is 4.39. The summed E-state index contributed by atoms with van der Waals surface area (Å²) in [5.74, 6) is 0.361. The van der Waals surface area contributed by atoms with Crippen LogP contribution in [0.5, 0.6) is 5.88 Å². The van der Waals surface area contributed by atoms with Crippen molar-refractivity contribution in [2.45, 2.75) is 44.7 Å². The van der Waals surface area contributed by atoms with Crippen LogP contribution in [0, 0.1) is 0 Å². The van der Waals surface area contributed by atoms with Gasteiger partial charge in [0, 0.05) is 24.8 Å². The maximum absolute atomic E-state index is 12.5. The van der Waals surface area contributed by atoms with Gasteiger partial charge in [-0.3, -0.25) is 9.69 Å². The molecule has 114 valence electrons. The number of rotatable bonds is 4. The highest BCUT2D eigenvalue weighted by molar-refractivity contribution is 5.96. The maximum atomic E-state index is 12.5. The van der Waals surface area contributed by atoms with Crippen molar-refractivity contribution in [1.82, 2.24) is 15.2 Å². The van der Waals surface area contributed by atoms with Crippen molar-refractivity contribution >= 4 is 5.91 Å². The number of hydrogen-bond acceptors (Lipinski definition) is 4. The highest BCUT2D eigenvalue weighted by Gasteiger charge is 2.36. The quantitative estimate of drug-likeness (QED) is 0.919. The molecule has 2 saturated heterocycles. The summed E-state index contributed by atoms with van der Waals surface area (Å²) in [6, 6.07) is 4.32. The first-order valence-electron chi connectivity index (χ1n) is 7.92. The number of pyridine rings is 1. The average Bonchev–Trinajstić information content (AvgIpc) is 2.91. The zero-order valence-electron chi connectivity index (χ0n) is 12.5. The third-order valence-corrected chi connectivity index (χ3v) is 4.47. The molecular formula is C16H23N3O2. The molecule has 5 heteroatoms. The van der Waals surface area contributed by atoms with Crippen molar-refractivity contribution in [3.8, 4) is 5.88 Å². The second-order valence-corrected chi connectivity index (χ2v) is 5.76. The number of carbonyl (C=O) groups excluding carboxylic acids is 1. The fraction of sp³-hybridized carbons (Fsp3) is 0.625. The average molecular weight is 289 g/mol. The van der Waals surface area contributed by atoms with E-state index in [4.69, 9.17) is 4.74 Å². The van der Waals surface area contributed by atoms with Crippen LogP contribution in [-0.2, 0) is 0 Å². The Morgan fingerprint density at radius 1 is 1.43 bits per heavy atom. The number of aromatic nitrogens is 1. The number of fused-ring (bicyclic) bond motifs is 1. The lowest BCUT2D eigenvalue weighted by Gasteiger charge is -2.32. The lowest BCUT2D eigenvalue weighted by Crippen LogP contribution is -2.46. The van der Waals surface area contributed by atoms with Crippen molar-refractivity contribution in [2.75, 3.05) is 19.7 Å². The summed E-state index contributed by atoms with van der Waals surface area (Å²) >= 11 is 0. The van der Waals surface area contributed by atoms with Gasteiger partial charge < -0.3 is 10.1 Å². The number of nitrogens with zero attached hydrogens (tertiary/aromatic N) is 2. The number of nitrogens with one attached hydrogen (secondary N) is 1. The van der Waals surface area contributed by atoms with Gasteiger partial charge >= 0.3 is 0 Å². The smallest absolute Gasteiger partial charge is 0.257 e. The zero-order valence-corrected chi connectivity index (χ0v) is 12.5. The summed E-state index contributed by atoms with van der Waals surface area (Å²) < 4.78 is 5.45. The highest BCUT2D eigenvalue weighted by atomic mass is 16.5. The van der Waals surface area contributed by atoms with Gasteiger partial charge in [0.25, 0.3) is 5.91 Å². The molecule has 0 spiro atoms. The molecule has 21 heavy (non-hydrogen) atoms. The number of hydrogen-bond donors (Lipinski definition) is 1. The van der Waals surface area contributed by atoms with Crippen molar-refractivity contribution in [3.05, 3.63) is 23.9 Å². The van der Waals surface area contributed by atoms with E-state index in [1.807, 2.05) is 6.92 Å². The monoisotopic (exact) mass is 289 g/mol. The van der Waals surface area contributed by atoms with Crippen LogP contribution >= 0.6 is 0 Å². The molecular weight excluding hydrogens is 266 g/mol. The normalized spacial score (nSPS) is 25.4. The molecule has 3 rings (SSSR count). The van der Waals surface area contributed by atoms with Gasteiger partial charge in [-0.05, 0) is 44.9 Å². The van der Waals surface area contributed by atoms with Crippen molar-refractivity contribution in [1.29, 1.82) is 0 Å². The standard InChI is InChI=1S/C16H23N3O2/c1-2-21-16-12(6-5-9-17-16)15(20)18-13-8-11-19-10-4-3-7-14(13)19/h5-6,9,13-14H,2-4,7-8,10-11H2,1H3,(H,18,20)/t13-,14-/m1/s1. The zero-order chi connectivity index (χ0) is 14.7. The van der Waals surface area contributed by atoms with Crippen LogP contribution in [0.1, 0.15) is 43.0 Å². The minimum absolute atomic E-state index is 0.0658. The van der Waals surface area contributed by atoms with Crippen molar-refractivity contribution in [2.24, 2.45) is 0 Å². The molecule has 0 bridgehead atoms. The largest absolute Gasteiger partial charge is 0.477 e. The molecule has 1 amide bonds. The Labute approximate surface area is 125 Å². The Morgan fingerprint density at radius 2 is 2.33 bits per heavy atom. The molecule has 5 nitrogen and oxygen atoms in total. The van der Waals surface area contributed by atoms with E-state index in [9.17, 15) is 4.79 Å². The third kappa shape index (κ3) is 3.02. The predicted molar refractivity (Wildman–Crippen MR) is 80.5 cm³/mol. The van der Waals surface area contributed by atoms with Gasteiger partial charge in [-0.25, -0.2) is 4.98 Å². The van der Waals surface area contributed by atoms with Crippen LogP contribution in [0.25, 0.3) is 0 Å². The minimum atomic E-state index is -0.0658. The van der Waals surface area contributed by atoms with E-state index in [0.717, 1.165) is 13.0 Å². The summed E-state index contributed by atoms with van der Waals surface area (Å²) in [7, 11) is 0. The van der Waals surface area contributed by atoms with E-state index in [2.05, 4.69) is 15.2 Å². The van der Waals surface area contributed by atoms with E-state index >= 15 is 0 Å². The maximum Gasteiger partial charge on any atom is 0.257 e. The van der Waals surface area contributed by atoms with Crippen LogP contribution in [0.2, 0.25) is 0 Å². The molecule has 0 aromatic carbocycles. The number of piperidine rings is 1. The molecule has 0 aliphatic carbocycles. The van der Waals surface area contributed by atoms with Crippen LogP contribution in [-0.4, -0.2) is 47.6 Å². The Bertz CT molecular complexity index is 506. The lowest BCUT2D eigenvalue weighted by atomic mass is 9.99. The van der Waals surface area contributed by atoms with E-state index in [1.54, 1.807) is 18.3 Å². The molecule has 3 heterocycles. The molecule has 2 atom stereocenters. The summed E-state index contributed by atoms with van der Waals surface area (Å²) in [4.78, 5) is 19.2. The van der Waals surface area contributed by atoms with Crippen LogP contribution < -0.4 is 10.1 Å². The van der Waals surface area contributed by atoms with Gasteiger partial charge in [-0.2, -0.15) is 0 Å². The predicted octanol–water partition coefficient (Wildman–Crippen LogP) is 1.84. The van der Waals surface area contributed by atoms with Crippen molar-refractivity contribution < 1.29 is 9.53 Å². The van der Waals surface area contributed by atoms with E-state index in [0.29, 0.717) is 24.1 Å². The van der Waals surface area contributed by atoms with E-state index in [1.165, 1.54) is 25.8 Å². The topological polar surface area (TPSA) is 54.5 Å². The van der Waals surface area contributed by atoms with E-state index in [-0.39, 0.29) is 11.9 Å². The van der Waals surface area contributed by atoms with Gasteiger partial charge in [-0.1, -0.05) is 6.42 Å². The SMILES string of the molecule is CCOc1ncccc1C(=O)N[C@@H]1CCN2CCCC[C@H]12.